The molecule has 1 atom stereocenters. The van der Waals surface area contributed by atoms with Gasteiger partial charge in [-0.25, -0.2) is 4.39 Å². The molecule has 0 heterocycles. The second-order valence-electron chi connectivity index (χ2n) is 5.53. The molecular formula is C16H25FOS. The first-order chi connectivity index (χ1) is 8.99. The number of rotatable bonds is 8. The molecule has 0 aromatic heterocycles. The zero-order chi connectivity index (χ0) is 14.3. The highest BCUT2D eigenvalue weighted by atomic mass is 32.2. The number of hydrogen-bond donors (Lipinski definition) is 0. The summed E-state index contributed by atoms with van der Waals surface area (Å²) >= 11 is 1.99. The fourth-order valence-electron chi connectivity index (χ4n) is 1.66. The predicted octanol–water partition coefficient (Wildman–Crippen LogP) is 4.76. The van der Waals surface area contributed by atoms with Crippen molar-refractivity contribution in [3.05, 3.63) is 35.6 Å². The summed E-state index contributed by atoms with van der Waals surface area (Å²) in [5.74, 6) is 2.14. The summed E-state index contributed by atoms with van der Waals surface area (Å²) in [6, 6.07) is 6.52. The SMILES string of the molecule is CC(C)SCC(COCc1ccc(F)cc1)C(C)C. The lowest BCUT2D eigenvalue weighted by Crippen LogP contribution is -2.19. The number of hydrogen-bond acceptors (Lipinski definition) is 2. The summed E-state index contributed by atoms with van der Waals surface area (Å²) in [4.78, 5) is 0. The molecule has 1 nitrogen and oxygen atoms in total. The third kappa shape index (κ3) is 6.98. The van der Waals surface area contributed by atoms with Crippen molar-refractivity contribution < 1.29 is 9.13 Å². The Morgan fingerprint density at radius 3 is 2.26 bits per heavy atom. The van der Waals surface area contributed by atoms with Crippen LogP contribution in [0.4, 0.5) is 4.39 Å². The highest BCUT2D eigenvalue weighted by Crippen LogP contribution is 2.21. The van der Waals surface area contributed by atoms with Crippen molar-refractivity contribution in [3.8, 4) is 0 Å². The fraction of sp³-hybridized carbons (Fsp3) is 0.625. The maximum atomic E-state index is 12.8. The molecule has 0 fully saturated rings. The topological polar surface area (TPSA) is 9.23 Å². The molecule has 0 radical (unpaired) electrons. The summed E-state index contributed by atoms with van der Waals surface area (Å²) in [6.07, 6.45) is 0. The van der Waals surface area contributed by atoms with Gasteiger partial charge in [-0.1, -0.05) is 39.8 Å². The molecule has 1 aromatic rings. The van der Waals surface area contributed by atoms with E-state index >= 15 is 0 Å². The second-order valence-corrected chi connectivity index (χ2v) is 7.14. The minimum atomic E-state index is -0.197. The van der Waals surface area contributed by atoms with Gasteiger partial charge in [-0.15, -0.1) is 0 Å². The van der Waals surface area contributed by atoms with Crippen molar-refractivity contribution in [1.82, 2.24) is 0 Å². The van der Waals surface area contributed by atoms with E-state index in [1.54, 1.807) is 12.1 Å². The lowest BCUT2D eigenvalue weighted by molar-refractivity contribution is 0.0796. The molecule has 1 unspecified atom stereocenters. The molecule has 3 heteroatoms. The van der Waals surface area contributed by atoms with Crippen LogP contribution < -0.4 is 0 Å². The molecule has 19 heavy (non-hydrogen) atoms. The van der Waals surface area contributed by atoms with E-state index in [9.17, 15) is 4.39 Å². The van der Waals surface area contributed by atoms with Gasteiger partial charge in [0.25, 0.3) is 0 Å². The van der Waals surface area contributed by atoms with Gasteiger partial charge >= 0.3 is 0 Å². The number of halogens is 1. The molecule has 0 bridgehead atoms. The fourth-order valence-corrected chi connectivity index (χ4v) is 2.77. The van der Waals surface area contributed by atoms with Crippen LogP contribution in [-0.4, -0.2) is 17.6 Å². The average Bonchev–Trinajstić information content (AvgIpc) is 2.35. The van der Waals surface area contributed by atoms with Gasteiger partial charge < -0.3 is 4.74 Å². The van der Waals surface area contributed by atoms with Crippen LogP contribution >= 0.6 is 11.8 Å². The first-order valence-corrected chi connectivity index (χ1v) is 7.97. The number of thioether (sulfide) groups is 1. The Bertz CT molecular complexity index is 348. The van der Waals surface area contributed by atoms with Gasteiger partial charge in [0.1, 0.15) is 5.82 Å². The zero-order valence-electron chi connectivity index (χ0n) is 12.4. The number of ether oxygens (including phenoxy) is 1. The largest absolute Gasteiger partial charge is 0.376 e. The first kappa shape index (κ1) is 16.5. The van der Waals surface area contributed by atoms with Crippen LogP contribution in [0.5, 0.6) is 0 Å². The molecule has 0 N–H and O–H groups in total. The lowest BCUT2D eigenvalue weighted by Gasteiger charge is -2.21. The van der Waals surface area contributed by atoms with E-state index < -0.39 is 0 Å². The third-order valence-electron chi connectivity index (χ3n) is 3.10. The molecule has 1 rings (SSSR count). The van der Waals surface area contributed by atoms with Crippen molar-refractivity contribution in [2.24, 2.45) is 11.8 Å². The summed E-state index contributed by atoms with van der Waals surface area (Å²) in [5.41, 5.74) is 1.03. The van der Waals surface area contributed by atoms with Crippen LogP contribution in [0.25, 0.3) is 0 Å². The van der Waals surface area contributed by atoms with Gasteiger partial charge in [0.15, 0.2) is 0 Å². The molecule has 0 aliphatic heterocycles. The highest BCUT2D eigenvalue weighted by Gasteiger charge is 2.14. The van der Waals surface area contributed by atoms with Gasteiger partial charge in [0, 0.05) is 0 Å². The van der Waals surface area contributed by atoms with Crippen molar-refractivity contribution in [2.75, 3.05) is 12.4 Å². The third-order valence-corrected chi connectivity index (χ3v) is 4.39. The molecule has 0 spiro atoms. The normalized spacial score (nSPS) is 13.2. The van der Waals surface area contributed by atoms with Crippen LogP contribution in [0.15, 0.2) is 24.3 Å². The van der Waals surface area contributed by atoms with Gasteiger partial charge in [-0.3, -0.25) is 0 Å². The van der Waals surface area contributed by atoms with E-state index in [1.165, 1.54) is 12.1 Å². The maximum Gasteiger partial charge on any atom is 0.123 e. The van der Waals surface area contributed by atoms with Gasteiger partial charge in [-0.2, -0.15) is 11.8 Å². The number of benzene rings is 1. The highest BCUT2D eigenvalue weighted by molar-refractivity contribution is 7.99. The lowest BCUT2D eigenvalue weighted by atomic mass is 9.99. The molecule has 0 aliphatic carbocycles. The standard InChI is InChI=1S/C16H25FOS/c1-12(2)15(11-19-13(3)4)10-18-9-14-5-7-16(17)8-6-14/h5-8,12-13,15H,9-11H2,1-4H3. The average molecular weight is 284 g/mol. The van der Waals surface area contributed by atoms with Crippen LogP contribution in [0.3, 0.4) is 0 Å². The van der Waals surface area contributed by atoms with Gasteiger partial charge in [-0.05, 0) is 40.5 Å². The molecular weight excluding hydrogens is 259 g/mol. The molecule has 0 amide bonds. The van der Waals surface area contributed by atoms with Crippen LogP contribution in [0.2, 0.25) is 0 Å². The molecule has 0 saturated heterocycles. The van der Waals surface area contributed by atoms with E-state index in [0.717, 1.165) is 17.9 Å². The summed E-state index contributed by atoms with van der Waals surface area (Å²) in [7, 11) is 0. The Labute approximate surface area is 120 Å². The second kappa shape index (κ2) is 8.60. The monoisotopic (exact) mass is 284 g/mol. The zero-order valence-corrected chi connectivity index (χ0v) is 13.2. The summed E-state index contributed by atoms with van der Waals surface area (Å²) in [6.45, 7) is 10.3. The Morgan fingerprint density at radius 2 is 1.74 bits per heavy atom. The first-order valence-electron chi connectivity index (χ1n) is 6.92. The Hall–Kier alpha value is -0.540. The van der Waals surface area contributed by atoms with Crippen molar-refractivity contribution in [1.29, 1.82) is 0 Å². The van der Waals surface area contributed by atoms with E-state index in [-0.39, 0.29) is 5.82 Å². The van der Waals surface area contributed by atoms with Gasteiger partial charge in [0.05, 0.1) is 13.2 Å². The maximum absolute atomic E-state index is 12.8. The summed E-state index contributed by atoms with van der Waals surface area (Å²) < 4.78 is 18.6. The molecule has 108 valence electrons. The van der Waals surface area contributed by atoms with Crippen molar-refractivity contribution >= 4 is 11.8 Å². The quantitative estimate of drug-likeness (QED) is 0.681. The molecule has 0 saturated carbocycles. The van der Waals surface area contributed by atoms with Crippen molar-refractivity contribution in [3.63, 3.8) is 0 Å². The minimum Gasteiger partial charge on any atom is -0.376 e. The smallest absolute Gasteiger partial charge is 0.123 e. The molecule has 0 aliphatic rings. The molecule has 1 aromatic carbocycles. The van der Waals surface area contributed by atoms with E-state index in [2.05, 4.69) is 27.7 Å². The Morgan fingerprint density at radius 1 is 1.11 bits per heavy atom. The van der Waals surface area contributed by atoms with Crippen LogP contribution in [0, 0.1) is 17.7 Å². The summed E-state index contributed by atoms with van der Waals surface area (Å²) in [5, 5.41) is 0.665. The predicted molar refractivity (Wildman–Crippen MR) is 82.0 cm³/mol. The van der Waals surface area contributed by atoms with Crippen molar-refractivity contribution in [2.45, 2.75) is 39.6 Å². The van der Waals surface area contributed by atoms with Crippen LogP contribution in [0.1, 0.15) is 33.3 Å². The Balaban J connectivity index is 2.33. The van der Waals surface area contributed by atoms with E-state index in [4.69, 9.17) is 4.74 Å². The van der Waals surface area contributed by atoms with E-state index in [1.807, 2.05) is 11.8 Å². The Kier molecular flexibility index (Phi) is 7.47. The van der Waals surface area contributed by atoms with Crippen LogP contribution in [-0.2, 0) is 11.3 Å². The van der Waals surface area contributed by atoms with E-state index in [0.29, 0.717) is 23.7 Å². The van der Waals surface area contributed by atoms with Gasteiger partial charge in [0.2, 0.25) is 0 Å². The minimum absolute atomic E-state index is 0.197.